The summed E-state index contributed by atoms with van der Waals surface area (Å²) in [7, 11) is 0. The molecule has 0 spiro atoms. The topological polar surface area (TPSA) is 44.4 Å². The molecule has 0 radical (unpaired) electrons. The smallest absolute Gasteiger partial charge is 0.234 e. The van der Waals surface area contributed by atoms with E-state index in [1.54, 1.807) is 0 Å². The number of carbonyl (C=O) groups excluding carboxylic acids is 1. The first-order valence-corrected chi connectivity index (χ1v) is 7.98. The van der Waals surface area contributed by atoms with E-state index in [0.29, 0.717) is 6.54 Å². The molecular formula is C16H24ClN3O. The molecule has 0 aromatic heterocycles. The molecule has 0 saturated carbocycles. The fraction of sp³-hybridized carbons (Fsp3) is 0.562. The van der Waals surface area contributed by atoms with Crippen molar-refractivity contribution < 1.29 is 4.79 Å². The van der Waals surface area contributed by atoms with Crippen molar-refractivity contribution in [2.24, 2.45) is 0 Å². The van der Waals surface area contributed by atoms with Gasteiger partial charge in [-0.3, -0.25) is 9.69 Å². The van der Waals surface area contributed by atoms with Crippen molar-refractivity contribution in [3.05, 3.63) is 34.9 Å². The Labute approximate surface area is 131 Å². The van der Waals surface area contributed by atoms with E-state index in [-0.39, 0.29) is 11.9 Å². The van der Waals surface area contributed by atoms with Gasteiger partial charge in [0.05, 0.1) is 6.54 Å². The van der Waals surface area contributed by atoms with E-state index < -0.39 is 0 Å². The number of halogens is 1. The number of nitrogens with one attached hydrogen (secondary N) is 2. The van der Waals surface area contributed by atoms with E-state index in [4.69, 9.17) is 11.6 Å². The molecule has 116 valence electrons. The van der Waals surface area contributed by atoms with Crippen LogP contribution in [0.4, 0.5) is 0 Å². The molecule has 1 fully saturated rings. The lowest BCUT2D eigenvalue weighted by molar-refractivity contribution is -0.122. The van der Waals surface area contributed by atoms with Crippen LogP contribution in [0.5, 0.6) is 0 Å². The molecule has 5 heteroatoms. The number of hydrogen-bond donors (Lipinski definition) is 2. The standard InChI is InChI=1S/C16H24ClN3O/c1-13(11-14-3-5-15(17)6-4-14)19-16(21)12-20-9-2-7-18-8-10-20/h3-6,13,18H,2,7-12H2,1H3,(H,19,21). The molecule has 1 aromatic carbocycles. The monoisotopic (exact) mass is 309 g/mol. The third kappa shape index (κ3) is 6.04. The molecule has 4 nitrogen and oxygen atoms in total. The Morgan fingerprint density at radius 1 is 1.33 bits per heavy atom. The predicted molar refractivity (Wildman–Crippen MR) is 86.7 cm³/mol. The Morgan fingerprint density at radius 3 is 2.86 bits per heavy atom. The Morgan fingerprint density at radius 2 is 2.10 bits per heavy atom. The van der Waals surface area contributed by atoms with Crippen LogP contribution in [0.3, 0.4) is 0 Å². The summed E-state index contributed by atoms with van der Waals surface area (Å²) in [6, 6.07) is 7.91. The number of rotatable bonds is 5. The van der Waals surface area contributed by atoms with E-state index >= 15 is 0 Å². The number of nitrogens with zero attached hydrogens (tertiary/aromatic N) is 1. The quantitative estimate of drug-likeness (QED) is 0.870. The van der Waals surface area contributed by atoms with Gasteiger partial charge in [0.25, 0.3) is 0 Å². The van der Waals surface area contributed by atoms with Crippen LogP contribution in [0, 0.1) is 0 Å². The highest BCUT2D eigenvalue weighted by Gasteiger charge is 2.14. The third-order valence-electron chi connectivity index (χ3n) is 3.66. The molecule has 1 atom stereocenters. The van der Waals surface area contributed by atoms with Crippen molar-refractivity contribution in [1.29, 1.82) is 0 Å². The van der Waals surface area contributed by atoms with E-state index in [0.717, 1.165) is 44.0 Å². The van der Waals surface area contributed by atoms with Gasteiger partial charge >= 0.3 is 0 Å². The molecule has 1 aliphatic heterocycles. The average Bonchev–Trinajstić information content (AvgIpc) is 2.69. The number of benzene rings is 1. The summed E-state index contributed by atoms with van der Waals surface area (Å²) in [5.41, 5.74) is 1.19. The van der Waals surface area contributed by atoms with Gasteiger partial charge in [-0.05, 0) is 50.6 Å². The Kier molecular flexibility index (Phi) is 6.49. The second kappa shape index (κ2) is 8.37. The molecule has 21 heavy (non-hydrogen) atoms. The normalized spacial score (nSPS) is 18.0. The molecule has 2 rings (SSSR count). The second-order valence-corrected chi connectivity index (χ2v) is 6.12. The van der Waals surface area contributed by atoms with Crippen LogP contribution in [-0.4, -0.2) is 49.6 Å². The Balaban J connectivity index is 1.74. The van der Waals surface area contributed by atoms with Crippen molar-refractivity contribution in [1.82, 2.24) is 15.5 Å². The lowest BCUT2D eigenvalue weighted by atomic mass is 10.1. The molecular weight excluding hydrogens is 286 g/mol. The molecule has 1 heterocycles. The van der Waals surface area contributed by atoms with Gasteiger partial charge in [-0.25, -0.2) is 0 Å². The van der Waals surface area contributed by atoms with Gasteiger partial charge in [0.2, 0.25) is 5.91 Å². The van der Waals surface area contributed by atoms with Gasteiger partial charge < -0.3 is 10.6 Å². The van der Waals surface area contributed by atoms with E-state index in [1.165, 1.54) is 5.56 Å². The lowest BCUT2D eigenvalue weighted by Gasteiger charge is -2.21. The summed E-state index contributed by atoms with van der Waals surface area (Å²) >= 11 is 5.87. The predicted octanol–water partition coefficient (Wildman–Crippen LogP) is 1.68. The van der Waals surface area contributed by atoms with Crippen molar-refractivity contribution in [2.45, 2.75) is 25.8 Å². The maximum atomic E-state index is 12.1. The minimum absolute atomic E-state index is 0.110. The van der Waals surface area contributed by atoms with Crippen LogP contribution in [0.15, 0.2) is 24.3 Å². The number of amides is 1. The number of carbonyl (C=O) groups is 1. The van der Waals surface area contributed by atoms with Gasteiger partial charge in [0, 0.05) is 24.2 Å². The fourth-order valence-electron chi connectivity index (χ4n) is 2.61. The number of hydrogen-bond acceptors (Lipinski definition) is 3. The average molecular weight is 310 g/mol. The van der Waals surface area contributed by atoms with Crippen LogP contribution in [0.25, 0.3) is 0 Å². The largest absolute Gasteiger partial charge is 0.352 e. The first-order valence-electron chi connectivity index (χ1n) is 7.60. The summed E-state index contributed by atoms with van der Waals surface area (Å²) in [5.74, 6) is 0.110. The van der Waals surface area contributed by atoms with Crippen molar-refractivity contribution in [2.75, 3.05) is 32.7 Å². The van der Waals surface area contributed by atoms with E-state index in [1.807, 2.05) is 31.2 Å². The first-order chi connectivity index (χ1) is 10.1. The summed E-state index contributed by atoms with van der Waals surface area (Å²) in [4.78, 5) is 14.3. The van der Waals surface area contributed by atoms with Crippen molar-refractivity contribution in [3.8, 4) is 0 Å². The van der Waals surface area contributed by atoms with Crippen LogP contribution < -0.4 is 10.6 Å². The highest BCUT2D eigenvalue weighted by atomic mass is 35.5. The minimum atomic E-state index is 0.110. The molecule has 0 bridgehead atoms. The zero-order chi connectivity index (χ0) is 15.1. The second-order valence-electron chi connectivity index (χ2n) is 5.68. The summed E-state index contributed by atoms with van der Waals surface area (Å²) in [6.45, 7) is 6.48. The molecule has 1 aromatic rings. The van der Waals surface area contributed by atoms with Gasteiger partial charge in [0.1, 0.15) is 0 Å². The zero-order valence-electron chi connectivity index (χ0n) is 12.6. The van der Waals surface area contributed by atoms with Crippen LogP contribution in [0.1, 0.15) is 18.9 Å². The third-order valence-corrected chi connectivity index (χ3v) is 3.91. The SMILES string of the molecule is CC(Cc1ccc(Cl)cc1)NC(=O)CN1CCCNCC1. The van der Waals surface area contributed by atoms with Gasteiger partial charge in [0.15, 0.2) is 0 Å². The zero-order valence-corrected chi connectivity index (χ0v) is 13.3. The maximum Gasteiger partial charge on any atom is 0.234 e. The van der Waals surface area contributed by atoms with Crippen LogP contribution in [0.2, 0.25) is 5.02 Å². The van der Waals surface area contributed by atoms with Crippen LogP contribution in [-0.2, 0) is 11.2 Å². The summed E-state index contributed by atoms with van der Waals surface area (Å²) in [5, 5.41) is 7.16. The van der Waals surface area contributed by atoms with Crippen LogP contribution >= 0.6 is 11.6 Å². The molecule has 0 aliphatic carbocycles. The van der Waals surface area contributed by atoms with Gasteiger partial charge in [-0.15, -0.1) is 0 Å². The van der Waals surface area contributed by atoms with Crippen molar-refractivity contribution in [3.63, 3.8) is 0 Å². The maximum absolute atomic E-state index is 12.1. The van der Waals surface area contributed by atoms with Gasteiger partial charge in [-0.2, -0.15) is 0 Å². The van der Waals surface area contributed by atoms with Gasteiger partial charge in [-0.1, -0.05) is 23.7 Å². The fourth-order valence-corrected chi connectivity index (χ4v) is 2.73. The molecule has 2 N–H and O–H groups in total. The lowest BCUT2D eigenvalue weighted by Crippen LogP contribution is -2.42. The van der Waals surface area contributed by atoms with E-state index in [9.17, 15) is 4.79 Å². The van der Waals surface area contributed by atoms with Crippen molar-refractivity contribution >= 4 is 17.5 Å². The molecule has 1 saturated heterocycles. The highest BCUT2D eigenvalue weighted by Crippen LogP contribution is 2.11. The Bertz CT molecular complexity index is 441. The first kappa shape index (κ1) is 16.3. The van der Waals surface area contributed by atoms with E-state index in [2.05, 4.69) is 15.5 Å². The molecule has 1 amide bonds. The molecule has 1 aliphatic rings. The summed E-state index contributed by atoms with van der Waals surface area (Å²) < 4.78 is 0. The summed E-state index contributed by atoms with van der Waals surface area (Å²) in [6.07, 6.45) is 1.93. The Hall–Kier alpha value is -1.10. The highest BCUT2D eigenvalue weighted by molar-refractivity contribution is 6.30. The molecule has 1 unspecified atom stereocenters. The minimum Gasteiger partial charge on any atom is -0.352 e.